The van der Waals surface area contributed by atoms with Crippen molar-refractivity contribution in [3.05, 3.63) is 126 Å². The van der Waals surface area contributed by atoms with Crippen LogP contribution in [0.15, 0.2) is 89.6 Å². The summed E-state index contributed by atoms with van der Waals surface area (Å²) in [4.78, 5) is 0. The first-order valence-corrected chi connectivity index (χ1v) is 16.3. The molecule has 0 amide bonds. The quantitative estimate of drug-likeness (QED) is 0.151. The van der Waals surface area contributed by atoms with Crippen LogP contribution in [-0.2, 0) is 30.7 Å². The third-order valence-corrected chi connectivity index (χ3v) is 7.45. The van der Waals surface area contributed by atoms with Gasteiger partial charge in [-0.05, 0) is 14.5 Å². The van der Waals surface area contributed by atoms with Gasteiger partial charge in [-0.15, -0.1) is 30.4 Å². The van der Waals surface area contributed by atoms with Crippen molar-refractivity contribution in [1.29, 1.82) is 0 Å². The fourth-order valence-electron chi connectivity index (χ4n) is 3.99. The molecule has 0 saturated heterocycles. The Kier molecular flexibility index (Phi) is 18.5. The zero-order chi connectivity index (χ0) is 23.6. The van der Waals surface area contributed by atoms with E-state index in [0.29, 0.717) is 5.92 Å². The molecule has 3 aromatic carbocycles. The van der Waals surface area contributed by atoms with Gasteiger partial charge in [0, 0.05) is 0 Å². The molecule has 5 rings (SSSR count). The summed E-state index contributed by atoms with van der Waals surface area (Å²) in [6.07, 6.45) is 6.86. The Labute approximate surface area is 243 Å². The maximum absolute atomic E-state index is 3.43. The molecule has 0 fully saturated rings. The van der Waals surface area contributed by atoms with Gasteiger partial charge in [0.05, 0.1) is 0 Å². The van der Waals surface area contributed by atoms with Gasteiger partial charge in [0.15, 0.2) is 0 Å². The van der Waals surface area contributed by atoms with Gasteiger partial charge < -0.3 is 7.43 Å². The Morgan fingerprint density at radius 1 is 0.857 bits per heavy atom. The third kappa shape index (κ3) is 11.1. The van der Waals surface area contributed by atoms with E-state index in [-0.39, 0.29) is 32.2 Å². The van der Waals surface area contributed by atoms with Gasteiger partial charge in [-0.1, -0.05) is 74.8 Å². The number of hydrogen-bond donors (Lipinski definition) is 0. The van der Waals surface area contributed by atoms with E-state index in [2.05, 4.69) is 98.4 Å². The molecular weight excluding hydrogens is 563 g/mol. The van der Waals surface area contributed by atoms with Gasteiger partial charge in [-0.25, -0.2) is 10.8 Å². The first-order valence-electron chi connectivity index (χ1n) is 11.0. The maximum Gasteiger partial charge on any atom is -0.0253 e. The van der Waals surface area contributed by atoms with Gasteiger partial charge in [0.25, 0.3) is 0 Å². The summed E-state index contributed by atoms with van der Waals surface area (Å²) in [6, 6.07) is 30.6. The Balaban J connectivity index is 0. The van der Waals surface area contributed by atoms with E-state index in [9.17, 15) is 0 Å². The van der Waals surface area contributed by atoms with Crippen molar-refractivity contribution in [2.24, 2.45) is 5.92 Å². The molecule has 0 aliphatic heterocycles. The van der Waals surface area contributed by atoms with E-state index < -0.39 is 8.07 Å². The minimum absolute atomic E-state index is 0. The molecule has 188 valence electrons. The van der Waals surface area contributed by atoms with Crippen molar-refractivity contribution >= 4 is 37.1 Å². The fraction of sp³-hybridized carbons (Fsp3) is 0.226. The van der Waals surface area contributed by atoms with Gasteiger partial charge in [0.1, 0.15) is 0 Å². The summed E-state index contributed by atoms with van der Waals surface area (Å²) in [7, 11) is -1.07. The predicted octanol–water partition coefficient (Wildman–Crippen LogP) is 8.99. The number of rotatable bonds is 1. The van der Waals surface area contributed by atoms with Crippen LogP contribution in [0.4, 0.5) is 0 Å². The minimum atomic E-state index is -1.07. The van der Waals surface area contributed by atoms with Crippen molar-refractivity contribution < 1.29 is 24.2 Å². The molecule has 0 saturated carbocycles. The van der Waals surface area contributed by atoms with E-state index >= 15 is 0 Å². The molecule has 1 atom stereocenters. The van der Waals surface area contributed by atoms with Gasteiger partial charge in [-0.3, -0.25) is 6.08 Å². The van der Waals surface area contributed by atoms with Crippen LogP contribution >= 0.6 is 24.8 Å². The molecule has 0 spiro atoms. The summed E-state index contributed by atoms with van der Waals surface area (Å²) in [6.45, 7) is 11.6. The Bertz CT molecular complexity index is 983. The van der Waals surface area contributed by atoms with Crippen LogP contribution in [0.1, 0.15) is 25.0 Å². The Hall–Kier alpha value is -1.31. The number of benzene rings is 3. The van der Waals surface area contributed by atoms with Crippen molar-refractivity contribution in [3.63, 3.8) is 0 Å². The molecule has 3 aromatic rings. The Morgan fingerprint density at radius 2 is 1.46 bits per heavy atom. The largest absolute Gasteiger partial charge is 0.358 e. The second-order valence-corrected chi connectivity index (χ2v) is 13.9. The third-order valence-electron chi connectivity index (χ3n) is 5.30. The fourth-order valence-corrected chi connectivity index (χ4v) is 5.94. The summed E-state index contributed by atoms with van der Waals surface area (Å²) in [5.41, 5.74) is 6.91. The second kappa shape index (κ2) is 18.0. The van der Waals surface area contributed by atoms with Crippen LogP contribution < -0.4 is 0 Å². The average Bonchev–Trinajstić information content (AvgIpc) is 3.36. The molecule has 0 heterocycles. The van der Waals surface area contributed by atoms with E-state index in [1.54, 1.807) is 5.20 Å². The Morgan fingerprint density at radius 3 is 1.91 bits per heavy atom. The minimum Gasteiger partial charge on any atom is -0.358 e. The maximum atomic E-state index is 3.43. The van der Waals surface area contributed by atoms with E-state index in [0.717, 1.165) is 6.42 Å². The summed E-state index contributed by atoms with van der Waals surface area (Å²) >= 11 is 1.30. The van der Waals surface area contributed by atoms with Crippen molar-refractivity contribution in [2.75, 3.05) is 0 Å². The molecule has 2 aliphatic carbocycles. The molecule has 1 unspecified atom stereocenters. The number of fused-ring (bicyclic) bond motifs is 3. The zero-order valence-corrected chi connectivity index (χ0v) is 26.9. The molecule has 0 N–H and O–H groups in total. The first-order chi connectivity index (χ1) is 15.4. The number of allylic oxidation sites excluding steroid dienone is 4. The molecular formula is C31H38Cl2SiZr-4. The predicted molar refractivity (Wildman–Crippen MR) is 160 cm³/mol. The van der Waals surface area contributed by atoms with Crippen LogP contribution in [0.25, 0.3) is 11.1 Å². The average molecular weight is 601 g/mol. The van der Waals surface area contributed by atoms with E-state index in [4.69, 9.17) is 0 Å². The van der Waals surface area contributed by atoms with Gasteiger partial charge in [-0.2, -0.15) is 72.3 Å². The van der Waals surface area contributed by atoms with Crippen molar-refractivity contribution in [1.82, 2.24) is 0 Å². The zero-order valence-electron chi connectivity index (χ0n) is 21.8. The summed E-state index contributed by atoms with van der Waals surface area (Å²) in [5, 5.41) is 1.60. The second-order valence-electron chi connectivity index (χ2n) is 8.86. The molecule has 0 nitrogen and oxygen atoms in total. The first kappa shape index (κ1) is 35.8. The number of hydrogen-bond acceptors (Lipinski definition) is 0. The molecule has 0 radical (unpaired) electrons. The molecule has 0 aromatic heterocycles. The van der Waals surface area contributed by atoms with E-state index in [1.165, 1.54) is 52.1 Å². The molecule has 2 aliphatic rings. The summed E-state index contributed by atoms with van der Waals surface area (Å²) < 4.78 is 3.34. The monoisotopic (exact) mass is 598 g/mol. The van der Waals surface area contributed by atoms with Gasteiger partial charge >= 0.3 is 28.4 Å². The normalized spacial score (nSPS) is 13.9. The van der Waals surface area contributed by atoms with Gasteiger partial charge in [0.2, 0.25) is 0 Å². The topological polar surface area (TPSA) is 0 Å². The van der Waals surface area contributed by atoms with Crippen molar-refractivity contribution in [2.45, 2.75) is 39.9 Å². The van der Waals surface area contributed by atoms with Crippen LogP contribution in [0.5, 0.6) is 0 Å². The van der Waals surface area contributed by atoms with Crippen LogP contribution in [-0.4, -0.2) is 12.3 Å². The summed E-state index contributed by atoms with van der Waals surface area (Å²) in [5.74, 6) is 0.553. The molecule has 4 heteroatoms. The number of halogens is 2. The standard InChI is InChI=1S/C13H9.C10H17Si.C6H5.CH3.CH2.2ClH.Zr/c1-3-7-12-10(5-1)9-11-6-2-4-8-13(11)12;1-8-6-9(2)10(7-8)11(3,4)5;1-2-4-6-5-3-1;;;;;/h1-5,7-8H,9H2;7-8H,1-5H3;1-5H;1H3;1H2;2*1H;/q4*-1;;;;. The van der Waals surface area contributed by atoms with E-state index in [1.807, 2.05) is 36.4 Å². The van der Waals surface area contributed by atoms with Crippen molar-refractivity contribution in [3.8, 4) is 11.1 Å². The SMILES string of the molecule is CC1=[C-]C(C)C=C1[Si](C)(C)C.Cl.Cl.[CH2]=[Zr].[CH3-].[c-]1cccc2c1Cc1ccccc1-2.[c-]1ccccc1. The molecule has 0 bridgehead atoms. The van der Waals surface area contributed by atoms with Crippen LogP contribution in [0.3, 0.4) is 0 Å². The van der Waals surface area contributed by atoms with Crippen LogP contribution in [0, 0.1) is 31.6 Å². The van der Waals surface area contributed by atoms with Crippen LogP contribution in [0.2, 0.25) is 19.6 Å². The smallest absolute Gasteiger partial charge is 0.0253 e. The molecule has 35 heavy (non-hydrogen) atoms.